The van der Waals surface area contributed by atoms with E-state index < -0.39 is 0 Å². The summed E-state index contributed by atoms with van der Waals surface area (Å²) in [6.07, 6.45) is 9.28. The number of nitrogens with zero attached hydrogens (tertiary/aromatic N) is 4. The number of likely N-dealkylation sites (N-methyl/N-ethyl adjacent to an activating group) is 2. The van der Waals surface area contributed by atoms with Crippen LogP contribution in [0.3, 0.4) is 0 Å². The molecule has 1 aliphatic heterocycles. The van der Waals surface area contributed by atoms with Gasteiger partial charge in [-0.25, -0.2) is 4.98 Å². The number of amides is 1. The molecule has 2 aromatic rings. The van der Waals surface area contributed by atoms with Gasteiger partial charge in [-0.3, -0.25) is 14.6 Å². The number of likely N-dealkylation sites (tertiary alicyclic amines) is 1. The number of rotatable bonds is 7. The van der Waals surface area contributed by atoms with Crippen molar-refractivity contribution in [2.45, 2.75) is 19.4 Å². The van der Waals surface area contributed by atoms with Gasteiger partial charge in [-0.15, -0.1) is 0 Å². The summed E-state index contributed by atoms with van der Waals surface area (Å²) in [4.78, 5) is 39.7. The van der Waals surface area contributed by atoms with Crippen molar-refractivity contribution >= 4 is 11.6 Å². The Morgan fingerprint density at radius 1 is 1.43 bits per heavy atom. The third-order valence-corrected chi connectivity index (χ3v) is 4.91. The Hall–Kier alpha value is -3.00. The first-order valence-corrected chi connectivity index (χ1v) is 9.40. The van der Waals surface area contributed by atoms with E-state index in [9.17, 15) is 9.59 Å². The van der Waals surface area contributed by atoms with Gasteiger partial charge >= 0.3 is 0 Å². The lowest BCUT2D eigenvalue weighted by molar-refractivity contribution is -0.130. The highest BCUT2D eigenvalue weighted by Gasteiger charge is 2.33. The van der Waals surface area contributed by atoms with Gasteiger partial charge in [0.1, 0.15) is 5.69 Å². The number of nitrogens with one attached hydrogen (secondary N) is 2. The number of aromatic nitrogens is 3. The largest absolute Gasteiger partial charge is 0.364 e. The second-order valence-electron chi connectivity index (χ2n) is 6.82. The molecule has 3 rings (SSSR count). The molecule has 0 unspecified atom stereocenters. The fourth-order valence-electron chi connectivity index (χ4n) is 3.06. The fraction of sp³-hybridized carbons (Fsp3) is 0.400. The van der Waals surface area contributed by atoms with Crippen LogP contribution in [0, 0.1) is 0 Å². The first kappa shape index (κ1) is 19.8. The molecule has 0 radical (unpaired) electrons. The summed E-state index contributed by atoms with van der Waals surface area (Å²) >= 11 is 0. The number of carbonyl (C=O) groups excluding carboxylic acids is 1. The molecule has 3 heterocycles. The zero-order chi connectivity index (χ0) is 20.1. The average Bonchev–Trinajstić information content (AvgIpc) is 2.67. The Morgan fingerprint density at radius 2 is 2.21 bits per heavy atom. The van der Waals surface area contributed by atoms with Gasteiger partial charge in [0, 0.05) is 50.7 Å². The summed E-state index contributed by atoms with van der Waals surface area (Å²) in [6.45, 7) is 3.87. The fourth-order valence-corrected chi connectivity index (χ4v) is 3.06. The molecule has 1 saturated heterocycles. The second-order valence-corrected chi connectivity index (χ2v) is 6.82. The van der Waals surface area contributed by atoms with Gasteiger partial charge in [0.25, 0.3) is 5.56 Å². The van der Waals surface area contributed by atoms with Crippen molar-refractivity contribution in [3.8, 4) is 11.3 Å². The van der Waals surface area contributed by atoms with Crippen LogP contribution in [0.4, 0.5) is 5.69 Å². The number of H-pyrrole nitrogens is 1. The van der Waals surface area contributed by atoms with Gasteiger partial charge in [0.15, 0.2) is 0 Å². The zero-order valence-electron chi connectivity index (χ0n) is 16.5. The van der Waals surface area contributed by atoms with Crippen molar-refractivity contribution in [2.75, 3.05) is 38.6 Å². The first-order valence-electron chi connectivity index (χ1n) is 9.40. The van der Waals surface area contributed by atoms with Crippen molar-refractivity contribution in [2.24, 2.45) is 0 Å². The number of aryl methyl sites for hydroxylation is 1. The van der Waals surface area contributed by atoms with Crippen LogP contribution >= 0.6 is 0 Å². The van der Waals surface area contributed by atoms with Gasteiger partial charge in [-0.1, -0.05) is 13.0 Å². The number of hydrogen-bond donors (Lipinski definition) is 2. The van der Waals surface area contributed by atoms with Crippen molar-refractivity contribution < 1.29 is 4.79 Å². The normalized spacial score (nSPS) is 14.3. The van der Waals surface area contributed by atoms with E-state index in [0.29, 0.717) is 25.3 Å². The summed E-state index contributed by atoms with van der Waals surface area (Å²) in [5.41, 5.74) is 2.84. The SMILES string of the molecule is CCc1cncc(-c2c[nH]c(=O)c(N(C)C3CN(C(=O)/C=C/CNC)C3)c2)n1. The minimum absolute atomic E-state index is 0.00536. The van der Waals surface area contributed by atoms with Gasteiger partial charge in [0.2, 0.25) is 5.91 Å². The molecule has 148 valence electrons. The van der Waals surface area contributed by atoms with Crippen LogP contribution in [0.25, 0.3) is 11.3 Å². The monoisotopic (exact) mass is 382 g/mol. The van der Waals surface area contributed by atoms with E-state index in [1.54, 1.807) is 35.6 Å². The molecule has 28 heavy (non-hydrogen) atoms. The van der Waals surface area contributed by atoms with Gasteiger partial charge in [0.05, 0.1) is 23.6 Å². The molecule has 2 N–H and O–H groups in total. The number of aromatic amines is 1. The van der Waals surface area contributed by atoms with E-state index >= 15 is 0 Å². The average molecular weight is 382 g/mol. The van der Waals surface area contributed by atoms with Crippen molar-refractivity contribution in [3.05, 3.63) is 52.9 Å². The van der Waals surface area contributed by atoms with Crippen molar-refractivity contribution in [3.63, 3.8) is 0 Å². The molecule has 8 heteroatoms. The molecule has 2 aromatic heterocycles. The smallest absolute Gasteiger partial charge is 0.271 e. The standard InChI is InChI=1S/C20H26N6O2/c1-4-15-10-22-11-17(24-15)14-8-18(20(28)23-9-14)25(3)16-12-26(13-16)19(27)6-5-7-21-2/h5-6,8-11,16,21H,4,7,12-13H2,1-3H3,(H,23,28)/b6-5+. The van der Waals surface area contributed by atoms with Crippen LogP contribution in [-0.2, 0) is 11.2 Å². The molecule has 0 aliphatic carbocycles. The molecular formula is C20H26N6O2. The third kappa shape index (κ3) is 4.28. The van der Waals surface area contributed by atoms with E-state index in [0.717, 1.165) is 23.4 Å². The molecule has 0 spiro atoms. The molecule has 8 nitrogen and oxygen atoms in total. The summed E-state index contributed by atoms with van der Waals surface area (Å²) in [5.74, 6) is -0.00536. The molecule has 1 aliphatic rings. The number of hydrogen-bond acceptors (Lipinski definition) is 6. The Balaban J connectivity index is 1.72. The van der Waals surface area contributed by atoms with Crippen LogP contribution in [0.5, 0.6) is 0 Å². The van der Waals surface area contributed by atoms with Crippen LogP contribution in [0.2, 0.25) is 0 Å². The van der Waals surface area contributed by atoms with Crippen LogP contribution in [0.15, 0.2) is 41.6 Å². The van der Waals surface area contributed by atoms with E-state index in [-0.39, 0.29) is 17.5 Å². The minimum Gasteiger partial charge on any atom is -0.364 e. The van der Waals surface area contributed by atoms with Crippen molar-refractivity contribution in [1.82, 2.24) is 25.2 Å². The van der Waals surface area contributed by atoms with Gasteiger partial charge < -0.3 is 20.1 Å². The third-order valence-electron chi connectivity index (χ3n) is 4.91. The van der Waals surface area contributed by atoms with E-state index in [4.69, 9.17) is 0 Å². The van der Waals surface area contributed by atoms with E-state index in [1.165, 1.54) is 0 Å². The molecule has 0 atom stereocenters. The van der Waals surface area contributed by atoms with E-state index in [1.807, 2.05) is 32.0 Å². The highest BCUT2D eigenvalue weighted by molar-refractivity contribution is 5.88. The summed E-state index contributed by atoms with van der Waals surface area (Å²) in [5, 5.41) is 2.97. The maximum Gasteiger partial charge on any atom is 0.271 e. The molecule has 1 amide bonds. The van der Waals surface area contributed by atoms with E-state index in [2.05, 4.69) is 20.3 Å². The number of carbonyl (C=O) groups is 1. The molecule has 0 aromatic carbocycles. The minimum atomic E-state index is -0.162. The van der Waals surface area contributed by atoms with Crippen LogP contribution in [0.1, 0.15) is 12.6 Å². The lowest BCUT2D eigenvalue weighted by Gasteiger charge is -2.44. The quantitative estimate of drug-likeness (QED) is 0.689. The van der Waals surface area contributed by atoms with Gasteiger partial charge in [-0.2, -0.15) is 0 Å². The molecular weight excluding hydrogens is 356 g/mol. The number of pyridine rings is 1. The maximum atomic E-state index is 12.4. The predicted octanol–water partition coefficient (Wildman–Crippen LogP) is 0.817. The van der Waals surface area contributed by atoms with Gasteiger partial charge in [-0.05, 0) is 19.5 Å². The first-order chi connectivity index (χ1) is 13.5. The highest BCUT2D eigenvalue weighted by atomic mass is 16.2. The van der Waals surface area contributed by atoms with Crippen LogP contribution in [-0.4, -0.2) is 65.5 Å². The molecule has 0 bridgehead atoms. The molecule has 0 saturated carbocycles. The summed E-state index contributed by atoms with van der Waals surface area (Å²) < 4.78 is 0. The Bertz CT molecular complexity index is 917. The molecule has 1 fully saturated rings. The highest BCUT2D eigenvalue weighted by Crippen LogP contribution is 2.23. The number of anilines is 1. The summed E-state index contributed by atoms with van der Waals surface area (Å²) in [6, 6.07) is 1.94. The Morgan fingerprint density at radius 3 is 2.93 bits per heavy atom. The zero-order valence-corrected chi connectivity index (χ0v) is 16.5. The topological polar surface area (TPSA) is 94.2 Å². The lowest BCUT2D eigenvalue weighted by Crippen LogP contribution is -2.60. The van der Waals surface area contributed by atoms with Crippen molar-refractivity contribution in [1.29, 1.82) is 0 Å². The second kappa shape index (κ2) is 8.79. The van der Waals surface area contributed by atoms with Crippen LogP contribution < -0.4 is 15.8 Å². The maximum absolute atomic E-state index is 12.4. The Labute approximate surface area is 164 Å². The Kier molecular flexibility index (Phi) is 6.20. The summed E-state index contributed by atoms with van der Waals surface area (Å²) in [7, 11) is 3.71. The lowest BCUT2D eigenvalue weighted by atomic mass is 10.1. The predicted molar refractivity (Wildman–Crippen MR) is 109 cm³/mol.